The van der Waals surface area contributed by atoms with Gasteiger partial charge in [-0.3, -0.25) is 9.36 Å². The Kier molecular flexibility index (Phi) is 5.61. The lowest BCUT2D eigenvalue weighted by molar-refractivity contribution is 0.414. The summed E-state index contributed by atoms with van der Waals surface area (Å²) in [4.78, 5) is 21.7. The predicted molar refractivity (Wildman–Crippen MR) is 147 cm³/mol. The summed E-state index contributed by atoms with van der Waals surface area (Å²) in [5.74, 6) is 0.801. The number of anilines is 1. The van der Waals surface area contributed by atoms with Crippen molar-refractivity contribution in [1.82, 2.24) is 4.57 Å². The van der Waals surface area contributed by atoms with Crippen LogP contribution in [0.3, 0.4) is 0 Å². The Balaban J connectivity index is 1.56. The molecule has 2 aliphatic rings. The van der Waals surface area contributed by atoms with Crippen LogP contribution in [0.15, 0.2) is 88.2 Å². The second kappa shape index (κ2) is 8.95. The fourth-order valence-electron chi connectivity index (χ4n) is 5.13. The number of rotatable bonds is 4. The quantitative estimate of drug-likeness (QED) is 0.424. The Hall–Kier alpha value is -3.90. The molecule has 36 heavy (non-hydrogen) atoms. The SMILES string of the molecule is COc1ccc([C@@H]2C3=C(N=c4s/c(=C\c5ccc(N(C)C)cc5)c(=O)n42)c2ccccc2CC3)cc1. The summed E-state index contributed by atoms with van der Waals surface area (Å²) < 4.78 is 7.97. The van der Waals surface area contributed by atoms with E-state index in [9.17, 15) is 4.79 Å². The maximum atomic E-state index is 13.8. The molecular formula is C30H27N3O2S. The third-order valence-corrected chi connectivity index (χ3v) is 7.99. The molecular weight excluding hydrogens is 466 g/mol. The molecule has 0 unspecified atom stereocenters. The minimum absolute atomic E-state index is 0.00154. The molecule has 1 aliphatic heterocycles. The molecule has 1 aromatic heterocycles. The zero-order valence-corrected chi connectivity index (χ0v) is 21.4. The fourth-order valence-corrected chi connectivity index (χ4v) is 6.13. The molecule has 3 aromatic carbocycles. The molecule has 6 heteroatoms. The summed E-state index contributed by atoms with van der Waals surface area (Å²) in [6, 6.07) is 24.6. The van der Waals surface area contributed by atoms with Crippen LogP contribution < -0.4 is 24.5 Å². The third-order valence-electron chi connectivity index (χ3n) is 7.01. The number of thiazole rings is 1. The first-order chi connectivity index (χ1) is 17.5. The van der Waals surface area contributed by atoms with Crippen LogP contribution in [0, 0.1) is 0 Å². The van der Waals surface area contributed by atoms with Crippen molar-refractivity contribution in [3.8, 4) is 5.75 Å². The first kappa shape index (κ1) is 22.6. The number of aryl methyl sites for hydroxylation is 1. The fraction of sp³-hybridized carbons (Fsp3) is 0.200. The second-order valence-corrected chi connectivity index (χ2v) is 10.4. The first-order valence-electron chi connectivity index (χ1n) is 12.1. The maximum absolute atomic E-state index is 13.8. The van der Waals surface area contributed by atoms with E-state index in [-0.39, 0.29) is 11.6 Å². The second-order valence-electron chi connectivity index (χ2n) is 9.37. The highest BCUT2D eigenvalue weighted by Crippen LogP contribution is 2.41. The van der Waals surface area contributed by atoms with E-state index in [1.807, 2.05) is 36.9 Å². The molecule has 0 bridgehead atoms. The van der Waals surface area contributed by atoms with Gasteiger partial charge < -0.3 is 9.64 Å². The molecule has 0 spiro atoms. The Labute approximate surface area is 213 Å². The van der Waals surface area contributed by atoms with Gasteiger partial charge in [0, 0.05) is 25.3 Å². The zero-order valence-electron chi connectivity index (χ0n) is 20.6. The lowest BCUT2D eigenvalue weighted by Gasteiger charge is -2.30. The maximum Gasteiger partial charge on any atom is 0.271 e. The van der Waals surface area contributed by atoms with Crippen molar-refractivity contribution in [1.29, 1.82) is 0 Å². The Morgan fingerprint density at radius 2 is 1.75 bits per heavy atom. The van der Waals surface area contributed by atoms with Gasteiger partial charge in [0.05, 0.1) is 23.4 Å². The van der Waals surface area contributed by atoms with E-state index in [1.54, 1.807) is 7.11 Å². The Morgan fingerprint density at radius 1 is 1.00 bits per heavy atom. The number of benzene rings is 3. The van der Waals surface area contributed by atoms with Gasteiger partial charge in [-0.15, -0.1) is 0 Å². The third kappa shape index (κ3) is 3.78. The minimum atomic E-state index is -0.186. The van der Waals surface area contributed by atoms with Gasteiger partial charge in [-0.1, -0.05) is 59.9 Å². The van der Waals surface area contributed by atoms with Gasteiger partial charge in [0.25, 0.3) is 5.56 Å². The highest BCUT2D eigenvalue weighted by molar-refractivity contribution is 7.07. The summed E-state index contributed by atoms with van der Waals surface area (Å²) in [7, 11) is 5.71. The topological polar surface area (TPSA) is 46.8 Å². The van der Waals surface area contributed by atoms with Crippen molar-refractivity contribution >= 4 is 28.8 Å². The average molecular weight is 494 g/mol. The molecule has 0 fully saturated rings. The van der Waals surface area contributed by atoms with Crippen molar-refractivity contribution < 1.29 is 4.74 Å². The number of fused-ring (bicyclic) bond motifs is 3. The van der Waals surface area contributed by atoms with Crippen LogP contribution in [0.5, 0.6) is 5.75 Å². The van der Waals surface area contributed by atoms with E-state index in [2.05, 4.69) is 65.6 Å². The number of methoxy groups -OCH3 is 1. The van der Waals surface area contributed by atoms with Crippen molar-refractivity contribution in [2.45, 2.75) is 18.9 Å². The smallest absolute Gasteiger partial charge is 0.271 e. The summed E-state index contributed by atoms with van der Waals surface area (Å²) >= 11 is 1.46. The number of ether oxygens (including phenoxy) is 1. The van der Waals surface area contributed by atoms with Gasteiger partial charge in [0.2, 0.25) is 0 Å². The minimum Gasteiger partial charge on any atom is -0.497 e. The lowest BCUT2D eigenvalue weighted by atomic mass is 9.83. The van der Waals surface area contributed by atoms with Crippen LogP contribution in [-0.4, -0.2) is 25.8 Å². The largest absolute Gasteiger partial charge is 0.497 e. The van der Waals surface area contributed by atoms with Crippen LogP contribution in [0.1, 0.15) is 34.7 Å². The highest BCUT2D eigenvalue weighted by atomic mass is 32.1. The van der Waals surface area contributed by atoms with E-state index >= 15 is 0 Å². The van der Waals surface area contributed by atoms with E-state index in [0.717, 1.165) is 45.9 Å². The van der Waals surface area contributed by atoms with Crippen molar-refractivity contribution in [2.24, 2.45) is 4.99 Å². The normalized spacial score (nSPS) is 16.6. The van der Waals surface area contributed by atoms with E-state index < -0.39 is 0 Å². The molecule has 6 rings (SSSR count). The molecule has 1 atom stereocenters. The standard InChI is InChI=1S/C30H27N3O2S/c1-32(2)22-13-8-19(9-14-22)18-26-29(34)33-28(21-10-15-23(35-3)16-11-21)25-17-12-20-6-4-5-7-24(20)27(25)31-30(33)36-26/h4-11,13-16,18,28H,12,17H2,1-3H3/b26-18-/t28-/m1/s1. The van der Waals surface area contributed by atoms with E-state index in [0.29, 0.717) is 4.53 Å². The first-order valence-corrected chi connectivity index (χ1v) is 12.9. The van der Waals surface area contributed by atoms with Crippen LogP contribution in [0.25, 0.3) is 11.8 Å². The molecule has 0 N–H and O–H groups in total. The monoisotopic (exact) mass is 493 g/mol. The van der Waals surface area contributed by atoms with Gasteiger partial charge >= 0.3 is 0 Å². The van der Waals surface area contributed by atoms with Gasteiger partial charge in [-0.25, -0.2) is 4.99 Å². The van der Waals surface area contributed by atoms with Crippen LogP contribution in [-0.2, 0) is 6.42 Å². The molecule has 0 saturated carbocycles. The van der Waals surface area contributed by atoms with Crippen molar-refractivity contribution in [3.05, 3.63) is 120 Å². The average Bonchev–Trinajstić information content (AvgIpc) is 3.22. The molecule has 0 saturated heterocycles. The van der Waals surface area contributed by atoms with Gasteiger partial charge in [-0.05, 0) is 65.4 Å². The van der Waals surface area contributed by atoms with Crippen LogP contribution in [0.2, 0.25) is 0 Å². The number of aromatic nitrogens is 1. The van der Waals surface area contributed by atoms with Crippen molar-refractivity contribution in [3.63, 3.8) is 0 Å². The lowest BCUT2D eigenvalue weighted by Crippen LogP contribution is -2.38. The molecule has 180 valence electrons. The van der Waals surface area contributed by atoms with Crippen LogP contribution >= 0.6 is 11.3 Å². The summed E-state index contributed by atoms with van der Waals surface area (Å²) in [5.41, 5.74) is 7.90. The van der Waals surface area contributed by atoms with Gasteiger partial charge in [-0.2, -0.15) is 0 Å². The molecule has 2 heterocycles. The Bertz CT molecular complexity index is 1660. The van der Waals surface area contributed by atoms with E-state index in [4.69, 9.17) is 9.73 Å². The summed E-state index contributed by atoms with van der Waals surface area (Å²) in [6.45, 7) is 0. The molecule has 0 amide bonds. The molecule has 1 aliphatic carbocycles. The molecule has 5 nitrogen and oxygen atoms in total. The number of allylic oxidation sites excluding steroid dienone is 1. The number of nitrogens with zero attached hydrogens (tertiary/aromatic N) is 3. The van der Waals surface area contributed by atoms with Gasteiger partial charge in [0.1, 0.15) is 5.75 Å². The van der Waals surface area contributed by atoms with Gasteiger partial charge in [0.15, 0.2) is 4.80 Å². The van der Waals surface area contributed by atoms with Crippen molar-refractivity contribution in [2.75, 3.05) is 26.1 Å². The summed E-state index contributed by atoms with van der Waals surface area (Å²) in [5, 5.41) is 0. The molecule has 0 radical (unpaired) electrons. The predicted octanol–water partition coefficient (Wildman–Crippen LogP) is 4.39. The van der Waals surface area contributed by atoms with E-state index in [1.165, 1.54) is 28.0 Å². The van der Waals surface area contributed by atoms with Crippen LogP contribution in [0.4, 0.5) is 5.69 Å². The Morgan fingerprint density at radius 3 is 2.47 bits per heavy atom. The zero-order chi connectivity index (χ0) is 24.8. The summed E-state index contributed by atoms with van der Waals surface area (Å²) in [6.07, 6.45) is 3.80. The highest BCUT2D eigenvalue weighted by Gasteiger charge is 2.32. The number of hydrogen-bond donors (Lipinski definition) is 0. The number of hydrogen-bond acceptors (Lipinski definition) is 5. The molecule has 4 aromatic rings.